The van der Waals surface area contributed by atoms with E-state index in [0.29, 0.717) is 5.92 Å². The molecule has 0 nitrogen and oxygen atoms in total. The molecular formula is C66H120. The van der Waals surface area contributed by atoms with E-state index in [1.165, 1.54) is 193 Å². The highest BCUT2D eigenvalue weighted by molar-refractivity contribution is 4.99. The lowest BCUT2D eigenvalue weighted by atomic mass is 9.85. The van der Waals surface area contributed by atoms with Crippen LogP contribution in [0.1, 0.15) is 276 Å². The Labute approximate surface area is 417 Å². The molecule has 1 unspecified atom stereocenters. The van der Waals surface area contributed by atoms with Crippen LogP contribution < -0.4 is 0 Å². The topological polar surface area (TPSA) is 0 Å². The first kappa shape index (κ1) is 62.5. The van der Waals surface area contributed by atoms with Crippen LogP contribution >= 0.6 is 0 Å². The Morgan fingerprint density at radius 2 is 0.682 bits per heavy atom. The first-order valence-electron chi connectivity index (χ1n) is 29.8. The summed E-state index contributed by atoms with van der Waals surface area (Å²) in [5.74, 6) is 10.3. The minimum atomic E-state index is 0.709. The molecule has 0 radical (unpaired) electrons. The lowest BCUT2D eigenvalue weighted by Gasteiger charge is -2.21. The number of rotatable bonds is 15. The van der Waals surface area contributed by atoms with Crippen molar-refractivity contribution in [1.29, 1.82) is 0 Å². The van der Waals surface area contributed by atoms with E-state index >= 15 is 0 Å². The number of hydrogen-bond donors (Lipinski definition) is 0. The van der Waals surface area contributed by atoms with Crippen LogP contribution in [-0.4, -0.2) is 0 Å². The molecule has 0 heteroatoms. The van der Waals surface area contributed by atoms with Gasteiger partial charge in [-0.15, -0.1) is 0 Å². The molecule has 0 bridgehead atoms. The van der Waals surface area contributed by atoms with Crippen LogP contribution in [0.2, 0.25) is 0 Å². The Bertz CT molecular complexity index is 1200. The molecule has 0 N–H and O–H groups in total. The average Bonchev–Trinajstić information content (AvgIpc) is 4.04. The highest BCUT2D eigenvalue weighted by Gasteiger charge is 2.15. The van der Waals surface area contributed by atoms with Crippen LogP contribution in [0.25, 0.3) is 0 Å². The molecule has 1 atom stereocenters. The lowest BCUT2D eigenvalue weighted by molar-refractivity contribution is 0.317. The fourth-order valence-corrected chi connectivity index (χ4v) is 10.4. The highest BCUT2D eigenvalue weighted by atomic mass is 14.2. The third-order valence-corrected chi connectivity index (χ3v) is 14.7. The van der Waals surface area contributed by atoms with Gasteiger partial charge in [-0.05, 0) is 129 Å². The first-order valence-corrected chi connectivity index (χ1v) is 29.8. The maximum Gasteiger partial charge on any atom is -0.0196 e. The van der Waals surface area contributed by atoms with E-state index in [1.807, 2.05) is 0 Å². The van der Waals surface area contributed by atoms with E-state index in [2.05, 4.69) is 156 Å². The van der Waals surface area contributed by atoms with Crippen LogP contribution in [0, 0.1) is 71.0 Å². The van der Waals surface area contributed by atoms with E-state index in [9.17, 15) is 0 Å². The fraction of sp³-hybridized carbons (Fsp3) is 0.818. The molecule has 0 aromatic rings. The summed E-state index contributed by atoms with van der Waals surface area (Å²) in [6, 6.07) is 0. The second-order valence-corrected chi connectivity index (χ2v) is 24.3. The van der Waals surface area contributed by atoms with E-state index in [-0.39, 0.29) is 0 Å². The van der Waals surface area contributed by atoms with Gasteiger partial charge < -0.3 is 0 Å². The van der Waals surface area contributed by atoms with E-state index in [1.54, 1.807) is 0 Å². The fourth-order valence-electron chi connectivity index (χ4n) is 10.4. The van der Waals surface area contributed by atoms with Crippen molar-refractivity contribution in [2.75, 3.05) is 0 Å². The van der Waals surface area contributed by atoms with Crippen LogP contribution in [0.15, 0.2) is 72.9 Å². The molecule has 0 amide bonds. The Morgan fingerprint density at radius 3 is 1.03 bits per heavy atom. The molecule has 5 fully saturated rings. The summed E-state index contributed by atoms with van der Waals surface area (Å²) in [5.41, 5.74) is 0. The van der Waals surface area contributed by atoms with Gasteiger partial charge in [0, 0.05) is 0 Å². The predicted molar refractivity (Wildman–Crippen MR) is 303 cm³/mol. The molecule has 0 aromatic carbocycles. The van der Waals surface area contributed by atoms with Crippen LogP contribution in [0.5, 0.6) is 0 Å². The van der Waals surface area contributed by atoms with Crippen molar-refractivity contribution < 1.29 is 0 Å². The summed E-state index contributed by atoms with van der Waals surface area (Å²) in [5, 5.41) is 0. The van der Waals surface area contributed by atoms with Gasteiger partial charge in [0.05, 0.1) is 0 Å². The molecule has 66 heavy (non-hydrogen) atoms. The van der Waals surface area contributed by atoms with Crippen LogP contribution in [0.3, 0.4) is 0 Å². The van der Waals surface area contributed by atoms with Crippen LogP contribution in [-0.2, 0) is 0 Å². The van der Waals surface area contributed by atoms with Crippen molar-refractivity contribution in [3.63, 3.8) is 0 Å². The zero-order valence-electron chi connectivity index (χ0n) is 47.1. The number of allylic oxidation sites excluding steroid dienone is 12. The Kier molecular flexibility index (Phi) is 40.1. The molecule has 0 aromatic heterocycles. The van der Waals surface area contributed by atoms with Crippen LogP contribution in [0.4, 0.5) is 0 Å². The zero-order valence-corrected chi connectivity index (χ0v) is 47.1. The Hall–Kier alpha value is -1.56. The SMILES string of the molecule is CC(C)/C=C/C1CC=CCC1.CC(C)/C=C/C1CCCC1.CC(C)/C=C/C1CCCCC1.CC(C)/C=C/CC1CCCC1.CC(C)/C=C/CC1CCCCC1.CC(C)CCC1CCCCC1. The Morgan fingerprint density at radius 1 is 0.348 bits per heavy atom. The van der Waals surface area contributed by atoms with Crippen molar-refractivity contribution in [3.8, 4) is 0 Å². The van der Waals surface area contributed by atoms with Gasteiger partial charge in [-0.25, -0.2) is 0 Å². The van der Waals surface area contributed by atoms with Gasteiger partial charge >= 0.3 is 0 Å². The smallest absolute Gasteiger partial charge is 0.0196 e. The van der Waals surface area contributed by atoms with Crippen molar-refractivity contribution in [1.82, 2.24) is 0 Å². The maximum absolute atomic E-state index is 2.43. The van der Waals surface area contributed by atoms with E-state index < -0.39 is 0 Å². The summed E-state index contributed by atoms with van der Waals surface area (Å²) in [6.07, 6.45) is 71.6. The summed E-state index contributed by atoms with van der Waals surface area (Å²) in [4.78, 5) is 0. The average molecular weight is 914 g/mol. The van der Waals surface area contributed by atoms with Crippen molar-refractivity contribution in [3.05, 3.63) is 72.9 Å². The summed E-state index contributed by atoms with van der Waals surface area (Å²) < 4.78 is 0. The number of hydrogen-bond acceptors (Lipinski definition) is 0. The van der Waals surface area contributed by atoms with Crippen molar-refractivity contribution in [2.45, 2.75) is 276 Å². The van der Waals surface area contributed by atoms with Gasteiger partial charge in [0.1, 0.15) is 0 Å². The van der Waals surface area contributed by atoms with Gasteiger partial charge in [0.25, 0.3) is 0 Å². The summed E-state index contributed by atoms with van der Waals surface area (Å²) in [6.45, 7) is 27.1. The van der Waals surface area contributed by atoms with E-state index in [0.717, 1.165) is 65.1 Å². The van der Waals surface area contributed by atoms with Crippen molar-refractivity contribution >= 4 is 0 Å². The molecule has 384 valence electrons. The summed E-state index contributed by atoms with van der Waals surface area (Å²) >= 11 is 0. The molecule has 0 heterocycles. The van der Waals surface area contributed by atoms with Crippen molar-refractivity contribution in [2.24, 2.45) is 71.0 Å². The third-order valence-electron chi connectivity index (χ3n) is 14.7. The molecule has 5 saturated carbocycles. The molecule has 0 aliphatic heterocycles. The quantitative estimate of drug-likeness (QED) is 0.144. The highest BCUT2D eigenvalue weighted by Crippen LogP contribution is 2.30. The minimum absolute atomic E-state index is 0.709. The lowest BCUT2D eigenvalue weighted by Crippen LogP contribution is -2.06. The van der Waals surface area contributed by atoms with Gasteiger partial charge in [-0.2, -0.15) is 0 Å². The Balaban J connectivity index is 0.000000396. The summed E-state index contributed by atoms with van der Waals surface area (Å²) in [7, 11) is 0. The second kappa shape index (κ2) is 42.3. The third kappa shape index (κ3) is 40.3. The second-order valence-electron chi connectivity index (χ2n) is 24.3. The first-order chi connectivity index (χ1) is 31.7. The minimum Gasteiger partial charge on any atom is -0.0885 e. The molecular weight excluding hydrogens is 793 g/mol. The van der Waals surface area contributed by atoms with E-state index in [4.69, 9.17) is 0 Å². The maximum atomic E-state index is 2.43. The van der Waals surface area contributed by atoms with Gasteiger partial charge in [0.15, 0.2) is 0 Å². The van der Waals surface area contributed by atoms with Gasteiger partial charge in [-0.1, -0.05) is 291 Å². The zero-order chi connectivity index (χ0) is 48.6. The molecule has 6 rings (SSSR count). The molecule has 6 aliphatic carbocycles. The largest absolute Gasteiger partial charge is 0.0885 e. The monoisotopic (exact) mass is 913 g/mol. The molecule has 0 spiro atoms. The molecule has 0 saturated heterocycles. The van der Waals surface area contributed by atoms with Gasteiger partial charge in [0.2, 0.25) is 0 Å². The normalized spacial score (nSPS) is 21.8. The van der Waals surface area contributed by atoms with Gasteiger partial charge in [-0.3, -0.25) is 0 Å². The predicted octanol–water partition coefficient (Wildman–Crippen LogP) is 22.7. The standard InChI is InChI=1S/C12H22.C11H20.C11H22.C11H20.C11H18.C10H18/c1-11(2)7-6-10-12-8-4-3-5-9-12;1-10(2)6-5-9-11-7-3-4-8-11;3*1-10(2)8-9-11-6-4-3-5-7-11;1-9(2)7-8-10-5-3-4-6-10/h6-7,11-12H,3-5,8-10H2,1-2H3;5-6,10-11H,3-4,7-9H2,1-2H3;10-11H,3-9H2,1-2H3;8-11H,3-7H2,1-2H3;3-4,8-11H,5-7H2,1-2H3;7-10H,3-6H2,1-2H3/b7-6+;6-5+;;2*9-8+;8-7+. The molecule has 6 aliphatic rings.